The Hall–Kier alpha value is -2.50. The van der Waals surface area contributed by atoms with Gasteiger partial charge in [0.25, 0.3) is 5.91 Å². The molecule has 28 heavy (non-hydrogen) atoms. The largest absolute Gasteiger partial charge is 0.463 e. The maximum Gasteiger partial charge on any atom is 0.275 e. The summed E-state index contributed by atoms with van der Waals surface area (Å²) in [7, 11) is 0. The van der Waals surface area contributed by atoms with Crippen molar-refractivity contribution in [1.82, 2.24) is 5.32 Å². The average molecular weight is 396 g/mol. The summed E-state index contributed by atoms with van der Waals surface area (Å²) in [5.74, 6) is 2.77. The minimum Gasteiger partial charge on any atom is -0.463 e. The molecule has 2 aromatic carbocycles. The van der Waals surface area contributed by atoms with Crippen molar-refractivity contribution in [3.63, 3.8) is 0 Å². The number of carbonyl (C=O) groups is 1. The Morgan fingerprint density at radius 1 is 1.07 bits per heavy atom. The van der Waals surface area contributed by atoms with E-state index in [0.29, 0.717) is 13.1 Å². The number of thioether (sulfide) groups is 1. The van der Waals surface area contributed by atoms with Crippen molar-refractivity contribution in [2.75, 3.05) is 18.8 Å². The Morgan fingerprint density at radius 3 is 2.57 bits per heavy atom. The van der Waals surface area contributed by atoms with Gasteiger partial charge in [0.05, 0.1) is 6.26 Å². The number of benzene rings is 2. The summed E-state index contributed by atoms with van der Waals surface area (Å²) >= 11 is 1.83. The summed E-state index contributed by atoms with van der Waals surface area (Å²) < 4.78 is 5.58. The predicted octanol–water partition coefficient (Wildman–Crippen LogP) is 3.29. The summed E-state index contributed by atoms with van der Waals surface area (Å²) in [6.45, 7) is 3.14. The van der Waals surface area contributed by atoms with E-state index in [1.807, 2.05) is 47.4 Å². The quantitative estimate of drug-likeness (QED) is 0.518. The standard InChI is InChI=1S/C23H26N2O2S/c1-18-9-11-19(12-10-18)17-28-15-13-24-22(26)16-25-23(21-8-5-14-27-21)20-6-3-2-4-7-20/h2-12,14,23,25H,13,15-17H2,1H3,(H,24,26)/p+1/t23-/m0/s1. The van der Waals surface area contributed by atoms with Crippen molar-refractivity contribution in [1.29, 1.82) is 0 Å². The van der Waals surface area contributed by atoms with Gasteiger partial charge in [-0.3, -0.25) is 4.79 Å². The molecule has 0 spiro atoms. The molecule has 5 heteroatoms. The van der Waals surface area contributed by atoms with E-state index in [9.17, 15) is 4.79 Å². The Kier molecular flexibility index (Phi) is 7.76. The molecule has 146 valence electrons. The summed E-state index contributed by atoms with van der Waals surface area (Å²) in [6, 6.07) is 22.5. The fourth-order valence-electron chi connectivity index (χ4n) is 2.98. The first-order chi connectivity index (χ1) is 13.7. The van der Waals surface area contributed by atoms with Gasteiger partial charge in [-0.2, -0.15) is 11.8 Å². The van der Waals surface area contributed by atoms with E-state index in [1.54, 1.807) is 6.26 Å². The first-order valence-electron chi connectivity index (χ1n) is 9.54. The lowest BCUT2D eigenvalue weighted by atomic mass is 10.0. The van der Waals surface area contributed by atoms with Gasteiger partial charge in [-0.05, 0) is 24.6 Å². The Morgan fingerprint density at radius 2 is 1.86 bits per heavy atom. The number of aryl methyl sites for hydroxylation is 1. The van der Waals surface area contributed by atoms with Gasteiger partial charge in [-0.15, -0.1) is 0 Å². The summed E-state index contributed by atoms with van der Waals surface area (Å²) in [6.07, 6.45) is 1.67. The summed E-state index contributed by atoms with van der Waals surface area (Å²) in [5.41, 5.74) is 3.72. The maximum absolute atomic E-state index is 12.2. The SMILES string of the molecule is Cc1ccc(CSCCNC(=O)C[NH2+][C@@H](c2ccccc2)c2ccco2)cc1. The second-order valence-electron chi connectivity index (χ2n) is 6.73. The molecular formula is C23H27N2O2S+. The zero-order valence-corrected chi connectivity index (χ0v) is 17.0. The fraction of sp³-hybridized carbons (Fsp3) is 0.261. The van der Waals surface area contributed by atoms with E-state index in [-0.39, 0.29) is 11.9 Å². The monoisotopic (exact) mass is 395 g/mol. The Bertz CT molecular complexity index is 833. The molecule has 0 unspecified atom stereocenters. The first kappa shape index (κ1) is 20.2. The molecule has 1 amide bonds. The van der Waals surface area contributed by atoms with Crippen LogP contribution in [0.1, 0.15) is 28.5 Å². The number of carbonyl (C=O) groups excluding carboxylic acids is 1. The van der Waals surface area contributed by atoms with E-state index in [4.69, 9.17) is 4.42 Å². The van der Waals surface area contributed by atoms with Gasteiger partial charge in [0, 0.05) is 23.6 Å². The molecule has 0 aliphatic heterocycles. The van der Waals surface area contributed by atoms with E-state index < -0.39 is 0 Å². The molecule has 0 saturated carbocycles. The van der Waals surface area contributed by atoms with Crippen molar-refractivity contribution in [2.24, 2.45) is 0 Å². The molecule has 0 aliphatic rings. The van der Waals surface area contributed by atoms with Gasteiger partial charge < -0.3 is 15.1 Å². The van der Waals surface area contributed by atoms with Crippen LogP contribution in [0.4, 0.5) is 0 Å². The number of hydrogen-bond acceptors (Lipinski definition) is 3. The van der Waals surface area contributed by atoms with Crippen molar-refractivity contribution in [3.8, 4) is 0 Å². The number of nitrogens with one attached hydrogen (secondary N) is 1. The average Bonchev–Trinajstić information content (AvgIpc) is 3.25. The van der Waals surface area contributed by atoms with Gasteiger partial charge in [0.1, 0.15) is 0 Å². The molecule has 1 atom stereocenters. The van der Waals surface area contributed by atoms with Gasteiger partial charge in [-0.1, -0.05) is 60.2 Å². The molecule has 1 heterocycles. The van der Waals surface area contributed by atoms with Crippen LogP contribution in [-0.4, -0.2) is 24.7 Å². The van der Waals surface area contributed by atoms with Crippen molar-refractivity contribution in [3.05, 3.63) is 95.4 Å². The number of quaternary nitrogens is 1. The number of nitrogens with two attached hydrogens (primary N) is 1. The van der Waals surface area contributed by atoms with Crippen LogP contribution in [0, 0.1) is 6.92 Å². The van der Waals surface area contributed by atoms with Crippen LogP contribution in [0.3, 0.4) is 0 Å². The lowest BCUT2D eigenvalue weighted by Gasteiger charge is -2.14. The van der Waals surface area contributed by atoms with Gasteiger partial charge in [0.2, 0.25) is 0 Å². The van der Waals surface area contributed by atoms with Crippen molar-refractivity contribution < 1.29 is 14.5 Å². The highest BCUT2D eigenvalue weighted by Gasteiger charge is 2.21. The second kappa shape index (κ2) is 10.7. The molecule has 3 aromatic rings. The van der Waals surface area contributed by atoms with E-state index >= 15 is 0 Å². The lowest BCUT2D eigenvalue weighted by Crippen LogP contribution is -2.87. The highest BCUT2D eigenvalue weighted by atomic mass is 32.2. The number of rotatable bonds is 10. The minimum atomic E-state index is -0.0159. The molecule has 0 aliphatic carbocycles. The highest BCUT2D eigenvalue weighted by Crippen LogP contribution is 2.18. The van der Waals surface area contributed by atoms with Crippen LogP contribution < -0.4 is 10.6 Å². The second-order valence-corrected chi connectivity index (χ2v) is 7.84. The van der Waals surface area contributed by atoms with Gasteiger partial charge >= 0.3 is 0 Å². The third-order valence-electron chi connectivity index (χ3n) is 4.51. The molecule has 0 bridgehead atoms. The molecular weight excluding hydrogens is 368 g/mol. The summed E-state index contributed by atoms with van der Waals surface area (Å²) in [5, 5.41) is 5.03. The number of hydrogen-bond donors (Lipinski definition) is 2. The van der Waals surface area contributed by atoms with E-state index in [0.717, 1.165) is 22.8 Å². The third kappa shape index (κ3) is 6.29. The van der Waals surface area contributed by atoms with Crippen LogP contribution in [0.5, 0.6) is 0 Å². The number of furan rings is 1. The molecule has 4 nitrogen and oxygen atoms in total. The Labute approximate surface area is 170 Å². The zero-order chi connectivity index (χ0) is 19.6. The van der Waals surface area contributed by atoms with Gasteiger partial charge in [0.15, 0.2) is 18.3 Å². The van der Waals surface area contributed by atoms with Crippen LogP contribution >= 0.6 is 11.8 Å². The predicted molar refractivity (Wildman–Crippen MR) is 114 cm³/mol. The molecule has 3 N–H and O–H groups in total. The molecule has 0 fully saturated rings. The molecule has 3 rings (SSSR count). The topological polar surface area (TPSA) is 58.9 Å². The number of amides is 1. The summed E-state index contributed by atoms with van der Waals surface area (Å²) in [4.78, 5) is 12.2. The molecule has 1 aromatic heterocycles. The van der Waals surface area contributed by atoms with Crippen LogP contribution in [0.15, 0.2) is 77.4 Å². The highest BCUT2D eigenvalue weighted by molar-refractivity contribution is 7.98. The molecule has 0 saturated heterocycles. The van der Waals surface area contributed by atoms with Crippen molar-refractivity contribution >= 4 is 17.7 Å². The van der Waals surface area contributed by atoms with E-state index in [1.165, 1.54) is 11.1 Å². The normalized spacial score (nSPS) is 11.9. The van der Waals surface area contributed by atoms with Gasteiger partial charge in [-0.25, -0.2) is 0 Å². The zero-order valence-electron chi connectivity index (χ0n) is 16.1. The molecule has 0 radical (unpaired) electrons. The van der Waals surface area contributed by atoms with Crippen LogP contribution in [0.25, 0.3) is 0 Å². The smallest absolute Gasteiger partial charge is 0.275 e. The van der Waals surface area contributed by atoms with Crippen LogP contribution in [0.2, 0.25) is 0 Å². The van der Waals surface area contributed by atoms with Crippen LogP contribution in [-0.2, 0) is 10.5 Å². The maximum atomic E-state index is 12.2. The fourth-order valence-corrected chi connectivity index (χ4v) is 3.80. The Balaban J connectivity index is 1.39. The lowest BCUT2D eigenvalue weighted by molar-refractivity contribution is -0.678. The third-order valence-corrected chi connectivity index (χ3v) is 5.54. The van der Waals surface area contributed by atoms with Crippen molar-refractivity contribution in [2.45, 2.75) is 18.7 Å². The first-order valence-corrected chi connectivity index (χ1v) is 10.7. The minimum absolute atomic E-state index is 0.0159. The van der Waals surface area contributed by atoms with E-state index in [2.05, 4.69) is 48.6 Å².